The number of hydrogen-bond donors (Lipinski definition) is 2. The first-order valence-electron chi connectivity index (χ1n) is 5.88. The number of anilines is 1. The summed E-state index contributed by atoms with van der Waals surface area (Å²) in [5.41, 5.74) is 0.106. The van der Waals surface area contributed by atoms with Gasteiger partial charge in [0.15, 0.2) is 5.82 Å². The number of hydrogen-bond acceptors (Lipinski definition) is 6. The van der Waals surface area contributed by atoms with E-state index < -0.39 is 5.97 Å². The molecule has 0 aliphatic carbocycles. The topological polar surface area (TPSA) is 88.0 Å². The minimum atomic E-state index is -1.03. The third kappa shape index (κ3) is 3.05. The minimum absolute atomic E-state index is 0.106. The maximum absolute atomic E-state index is 11.1. The molecule has 1 unspecified atom stereocenters. The van der Waals surface area contributed by atoms with Crippen molar-refractivity contribution < 1.29 is 9.90 Å². The first-order chi connectivity index (χ1) is 9.11. The monoisotopic (exact) mass is 278 g/mol. The first-order valence-corrected chi connectivity index (χ1v) is 6.69. The summed E-state index contributed by atoms with van der Waals surface area (Å²) in [7, 11) is 0. The van der Waals surface area contributed by atoms with E-state index in [2.05, 4.69) is 27.4 Å². The number of nitrogens with zero attached hydrogens (tertiary/aromatic N) is 3. The number of nitrogens with one attached hydrogen (secondary N) is 1. The summed E-state index contributed by atoms with van der Waals surface area (Å²) in [5, 5.41) is 20.5. The summed E-state index contributed by atoms with van der Waals surface area (Å²) in [6.07, 6.45) is 4.14. The molecule has 0 aliphatic heterocycles. The van der Waals surface area contributed by atoms with Crippen molar-refractivity contribution in [1.82, 2.24) is 15.2 Å². The van der Waals surface area contributed by atoms with Crippen LogP contribution in [0.4, 0.5) is 5.82 Å². The predicted octanol–water partition coefficient (Wildman–Crippen LogP) is 2.37. The van der Waals surface area contributed by atoms with Crippen LogP contribution in [0.1, 0.15) is 40.1 Å². The van der Waals surface area contributed by atoms with Gasteiger partial charge in [-0.3, -0.25) is 0 Å². The molecule has 2 aromatic heterocycles. The van der Waals surface area contributed by atoms with Gasteiger partial charge in [0.1, 0.15) is 10.6 Å². The van der Waals surface area contributed by atoms with E-state index in [-0.39, 0.29) is 17.4 Å². The van der Waals surface area contributed by atoms with Crippen molar-refractivity contribution in [3.63, 3.8) is 0 Å². The molecular weight excluding hydrogens is 264 g/mol. The molecule has 19 heavy (non-hydrogen) atoms. The van der Waals surface area contributed by atoms with Crippen molar-refractivity contribution in [2.45, 2.75) is 26.3 Å². The lowest BCUT2D eigenvalue weighted by atomic mass is 10.2. The smallest absolute Gasteiger partial charge is 0.339 e. The van der Waals surface area contributed by atoms with Gasteiger partial charge in [-0.15, -0.1) is 16.4 Å². The van der Waals surface area contributed by atoms with Gasteiger partial charge in [0.05, 0.1) is 12.2 Å². The fraction of sp³-hybridized carbons (Fsp3) is 0.333. The van der Waals surface area contributed by atoms with E-state index in [1.807, 2.05) is 13.1 Å². The molecule has 0 bridgehead atoms. The molecule has 7 heteroatoms. The molecule has 0 fully saturated rings. The maximum Gasteiger partial charge on any atom is 0.339 e. The van der Waals surface area contributed by atoms with Crippen LogP contribution in [0.2, 0.25) is 0 Å². The van der Waals surface area contributed by atoms with E-state index >= 15 is 0 Å². The van der Waals surface area contributed by atoms with Crippen molar-refractivity contribution >= 4 is 23.1 Å². The second-order valence-electron chi connectivity index (χ2n) is 3.98. The third-order valence-corrected chi connectivity index (χ3v) is 3.92. The molecule has 0 saturated heterocycles. The number of aromatic carboxylic acids is 1. The highest BCUT2D eigenvalue weighted by Crippen LogP contribution is 2.24. The Morgan fingerprint density at radius 1 is 1.58 bits per heavy atom. The highest BCUT2D eigenvalue weighted by Gasteiger charge is 2.16. The number of carbonyl (C=O) groups is 1. The average molecular weight is 278 g/mol. The zero-order valence-electron chi connectivity index (χ0n) is 10.6. The fourth-order valence-corrected chi connectivity index (χ4v) is 2.42. The third-order valence-electron chi connectivity index (χ3n) is 2.59. The Kier molecular flexibility index (Phi) is 4.06. The van der Waals surface area contributed by atoms with Gasteiger partial charge in [-0.1, -0.05) is 6.92 Å². The highest BCUT2D eigenvalue weighted by atomic mass is 32.1. The predicted molar refractivity (Wildman–Crippen MR) is 72.5 cm³/mol. The summed E-state index contributed by atoms with van der Waals surface area (Å²) in [6.45, 7) is 3.99. The van der Waals surface area contributed by atoms with Gasteiger partial charge in [-0.25, -0.2) is 9.78 Å². The number of rotatable bonds is 5. The van der Waals surface area contributed by atoms with Gasteiger partial charge >= 0.3 is 5.97 Å². The number of carboxylic acid groups (broad SMARTS) is 1. The molecule has 2 aromatic rings. The fourth-order valence-electron chi connectivity index (χ4n) is 1.56. The average Bonchev–Trinajstić information content (AvgIpc) is 2.88. The van der Waals surface area contributed by atoms with E-state index in [4.69, 9.17) is 5.11 Å². The first kappa shape index (κ1) is 13.4. The van der Waals surface area contributed by atoms with Crippen molar-refractivity contribution in [2.75, 3.05) is 5.32 Å². The van der Waals surface area contributed by atoms with Crippen molar-refractivity contribution in [3.8, 4) is 0 Å². The largest absolute Gasteiger partial charge is 0.478 e. The van der Waals surface area contributed by atoms with Crippen LogP contribution in [0.15, 0.2) is 18.5 Å². The summed E-state index contributed by atoms with van der Waals surface area (Å²) >= 11 is 1.61. The summed E-state index contributed by atoms with van der Waals surface area (Å²) in [6, 6.07) is 1.31. The van der Waals surface area contributed by atoms with Crippen molar-refractivity contribution in [2.24, 2.45) is 0 Å². The quantitative estimate of drug-likeness (QED) is 0.873. The SMILES string of the molecule is CCc1cnc(C(C)Nc2nnccc2C(=O)O)s1. The molecule has 0 spiro atoms. The summed E-state index contributed by atoms with van der Waals surface area (Å²) in [4.78, 5) is 16.6. The lowest BCUT2D eigenvalue weighted by Crippen LogP contribution is -2.12. The zero-order valence-corrected chi connectivity index (χ0v) is 11.4. The number of aryl methyl sites for hydroxylation is 1. The molecule has 100 valence electrons. The van der Waals surface area contributed by atoms with Crippen LogP contribution in [0, 0.1) is 0 Å². The number of aromatic nitrogens is 3. The van der Waals surface area contributed by atoms with Gasteiger partial charge in [0.2, 0.25) is 0 Å². The Hall–Kier alpha value is -2.02. The lowest BCUT2D eigenvalue weighted by Gasteiger charge is -2.12. The maximum atomic E-state index is 11.1. The van der Waals surface area contributed by atoms with Gasteiger partial charge in [0, 0.05) is 11.1 Å². The molecular formula is C12H14N4O2S. The Balaban J connectivity index is 2.19. The summed E-state index contributed by atoms with van der Waals surface area (Å²) < 4.78 is 0. The van der Waals surface area contributed by atoms with Gasteiger partial charge in [0.25, 0.3) is 0 Å². The van der Waals surface area contributed by atoms with Crippen LogP contribution in [0.3, 0.4) is 0 Å². The number of thiazole rings is 1. The minimum Gasteiger partial charge on any atom is -0.478 e. The molecule has 0 aliphatic rings. The van der Waals surface area contributed by atoms with Crippen LogP contribution in [-0.2, 0) is 6.42 Å². The lowest BCUT2D eigenvalue weighted by molar-refractivity contribution is 0.0697. The molecule has 0 saturated carbocycles. The van der Waals surface area contributed by atoms with Crippen LogP contribution in [-0.4, -0.2) is 26.3 Å². The van der Waals surface area contributed by atoms with Crippen molar-refractivity contribution in [3.05, 3.63) is 33.9 Å². The Bertz CT molecular complexity index is 585. The number of carboxylic acids is 1. The van der Waals surface area contributed by atoms with E-state index in [1.54, 1.807) is 11.3 Å². The van der Waals surface area contributed by atoms with E-state index in [9.17, 15) is 4.79 Å². The van der Waals surface area contributed by atoms with Gasteiger partial charge in [-0.2, -0.15) is 5.10 Å². The normalized spacial score (nSPS) is 12.1. The second-order valence-corrected chi connectivity index (χ2v) is 5.13. The molecule has 1 atom stereocenters. The van der Waals surface area contributed by atoms with E-state index in [1.165, 1.54) is 17.1 Å². The van der Waals surface area contributed by atoms with E-state index in [0.717, 1.165) is 11.4 Å². The van der Waals surface area contributed by atoms with Crippen LogP contribution in [0.25, 0.3) is 0 Å². The van der Waals surface area contributed by atoms with Crippen LogP contribution in [0.5, 0.6) is 0 Å². The van der Waals surface area contributed by atoms with Crippen LogP contribution >= 0.6 is 11.3 Å². The molecule has 2 heterocycles. The Labute approximate surface area is 114 Å². The molecule has 2 N–H and O–H groups in total. The molecule has 0 amide bonds. The van der Waals surface area contributed by atoms with E-state index in [0.29, 0.717) is 0 Å². The van der Waals surface area contributed by atoms with Crippen LogP contribution < -0.4 is 5.32 Å². The Morgan fingerprint density at radius 2 is 2.37 bits per heavy atom. The van der Waals surface area contributed by atoms with Gasteiger partial charge in [-0.05, 0) is 19.4 Å². The summed E-state index contributed by atoms with van der Waals surface area (Å²) in [5.74, 6) is -0.770. The molecule has 2 rings (SSSR count). The van der Waals surface area contributed by atoms with Crippen molar-refractivity contribution in [1.29, 1.82) is 0 Å². The zero-order chi connectivity index (χ0) is 13.8. The van der Waals surface area contributed by atoms with Gasteiger partial charge < -0.3 is 10.4 Å². The molecule has 0 aromatic carbocycles. The second kappa shape index (κ2) is 5.75. The standard InChI is InChI=1S/C12H14N4O2S/c1-3-8-6-13-11(19-8)7(2)15-10-9(12(17)18)4-5-14-16-10/h4-7H,3H2,1-2H3,(H,15,16)(H,17,18). The molecule has 0 radical (unpaired) electrons. The Morgan fingerprint density at radius 3 is 3.00 bits per heavy atom. The molecule has 6 nitrogen and oxygen atoms in total. The highest BCUT2D eigenvalue weighted by molar-refractivity contribution is 7.11.